The molecule has 0 aromatic rings. The summed E-state index contributed by atoms with van der Waals surface area (Å²) in [4.78, 5) is 0. The average Bonchev–Trinajstić information content (AvgIpc) is 2.15. The quantitative estimate of drug-likeness (QED) is 0.414. The third-order valence-corrected chi connectivity index (χ3v) is 2.51. The van der Waals surface area contributed by atoms with E-state index in [0.29, 0.717) is 6.54 Å². The minimum atomic E-state index is -0.568. The molecular formula is C5H10INO2. The summed E-state index contributed by atoms with van der Waals surface area (Å²) in [6, 6.07) is 0.0839. The first kappa shape index (κ1) is 7.71. The Morgan fingerprint density at radius 1 is 1.56 bits per heavy atom. The minimum Gasteiger partial charge on any atom is -0.389 e. The summed E-state index contributed by atoms with van der Waals surface area (Å²) in [5.74, 6) is 0. The molecule has 1 fully saturated rings. The van der Waals surface area contributed by atoms with Gasteiger partial charge in [0.2, 0.25) is 0 Å². The first-order valence-electron chi connectivity index (χ1n) is 2.91. The third-order valence-electron chi connectivity index (χ3n) is 1.56. The predicted octanol–water partition coefficient (Wildman–Crippen LogP) is -0.885. The zero-order valence-electron chi connectivity index (χ0n) is 4.92. The summed E-state index contributed by atoms with van der Waals surface area (Å²) in [7, 11) is 0. The first-order chi connectivity index (χ1) is 4.25. The van der Waals surface area contributed by atoms with E-state index in [1.807, 2.05) is 0 Å². The van der Waals surface area contributed by atoms with Crippen LogP contribution in [0.25, 0.3) is 0 Å². The van der Waals surface area contributed by atoms with Crippen molar-refractivity contribution in [2.24, 2.45) is 0 Å². The van der Waals surface area contributed by atoms with Gasteiger partial charge in [0.15, 0.2) is 0 Å². The molecule has 1 heterocycles. The number of aliphatic hydroxyl groups is 2. The molecule has 0 bridgehead atoms. The molecule has 54 valence electrons. The number of alkyl halides is 1. The van der Waals surface area contributed by atoms with Gasteiger partial charge < -0.3 is 15.5 Å². The van der Waals surface area contributed by atoms with Crippen LogP contribution >= 0.6 is 22.6 Å². The molecule has 1 rings (SSSR count). The molecule has 9 heavy (non-hydrogen) atoms. The van der Waals surface area contributed by atoms with Gasteiger partial charge in [-0.1, -0.05) is 22.6 Å². The maximum absolute atomic E-state index is 9.14. The number of β-amino-alcohol motifs (C(OH)–C–C–N with tert-alkyl or cyclic N) is 1. The summed E-state index contributed by atoms with van der Waals surface area (Å²) < 4.78 is 0.843. The van der Waals surface area contributed by atoms with E-state index in [1.165, 1.54) is 0 Å². The lowest BCUT2D eigenvalue weighted by molar-refractivity contribution is 0.0447. The number of aliphatic hydroxyl groups excluding tert-OH is 2. The Morgan fingerprint density at radius 3 is 2.44 bits per heavy atom. The highest BCUT2D eigenvalue weighted by molar-refractivity contribution is 14.1. The second kappa shape index (κ2) is 3.14. The Morgan fingerprint density at radius 2 is 2.22 bits per heavy atom. The fourth-order valence-electron chi connectivity index (χ4n) is 0.928. The Bertz CT molecular complexity index is 101. The lowest BCUT2D eigenvalue weighted by atomic mass is 10.2. The Balaban J connectivity index is 2.41. The topological polar surface area (TPSA) is 52.5 Å². The summed E-state index contributed by atoms with van der Waals surface area (Å²) in [6.07, 6.45) is -1.13. The lowest BCUT2D eigenvalue weighted by Crippen LogP contribution is -2.34. The van der Waals surface area contributed by atoms with Crippen molar-refractivity contribution in [3.8, 4) is 0 Å². The van der Waals surface area contributed by atoms with E-state index in [4.69, 9.17) is 10.2 Å². The maximum Gasteiger partial charge on any atom is 0.0971 e. The van der Waals surface area contributed by atoms with Gasteiger partial charge >= 0.3 is 0 Å². The monoisotopic (exact) mass is 243 g/mol. The smallest absolute Gasteiger partial charge is 0.0971 e. The number of rotatable bonds is 1. The van der Waals surface area contributed by atoms with Crippen LogP contribution in [0.15, 0.2) is 0 Å². The van der Waals surface area contributed by atoms with Crippen LogP contribution in [0.4, 0.5) is 0 Å². The molecule has 0 amide bonds. The summed E-state index contributed by atoms with van der Waals surface area (Å²) in [6.45, 7) is 0.523. The van der Waals surface area contributed by atoms with Gasteiger partial charge in [0, 0.05) is 17.0 Å². The number of halogens is 1. The Labute approximate surface area is 67.6 Å². The van der Waals surface area contributed by atoms with Gasteiger partial charge in [0.25, 0.3) is 0 Å². The highest BCUT2D eigenvalue weighted by Crippen LogP contribution is 2.09. The van der Waals surface area contributed by atoms with E-state index in [9.17, 15) is 0 Å². The van der Waals surface area contributed by atoms with E-state index in [1.54, 1.807) is 0 Å². The van der Waals surface area contributed by atoms with E-state index in [0.717, 1.165) is 4.43 Å². The molecular weight excluding hydrogens is 233 g/mol. The van der Waals surface area contributed by atoms with Crippen molar-refractivity contribution in [1.29, 1.82) is 0 Å². The van der Waals surface area contributed by atoms with Crippen molar-refractivity contribution in [2.45, 2.75) is 18.2 Å². The second-order valence-electron chi connectivity index (χ2n) is 2.23. The van der Waals surface area contributed by atoms with Crippen molar-refractivity contribution < 1.29 is 10.2 Å². The molecule has 3 N–H and O–H groups in total. The summed E-state index contributed by atoms with van der Waals surface area (Å²) in [5, 5.41) is 21.1. The van der Waals surface area contributed by atoms with Crippen LogP contribution < -0.4 is 5.32 Å². The molecule has 0 aromatic carbocycles. The average molecular weight is 243 g/mol. The minimum absolute atomic E-state index is 0.0839. The fraction of sp³-hybridized carbons (Fsp3) is 1.00. The van der Waals surface area contributed by atoms with Gasteiger partial charge in [0.05, 0.1) is 12.2 Å². The van der Waals surface area contributed by atoms with Gasteiger partial charge in [-0.2, -0.15) is 0 Å². The zero-order chi connectivity index (χ0) is 6.85. The molecule has 0 spiro atoms. The molecule has 1 aliphatic heterocycles. The maximum atomic E-state index is 9.14. The normalized spacial score (nSPS) is 43.7. The zero-order valence-corrected chi connectivity index (χ0v) is 7.08. The van der Waals surface area contributed by atoms with E-state index >= 15 is 0 Å². The molecule has 0 aromatic heterocycles. The Kier molecular flexibility index (Phi) is 2.69. The molecule has 3 atom stereocenters. The molecule has 0 saturated carbocycles. The van der Waals surface area contributed by atoms with Crippen LogP contribution in [-0.2, 0) is 0 Å². The van der Waals surface area contributed by atoms with Gasteiger partial charge in [-0.15, -0.1) is 0 Å². The molecule has 1 aliphatic rings. The second-order valence-corrected chi connectivity index (χ2v) is 3.11. The van der Waals surface area contributed by atoms with E-state index in [2.05, 4.69) is 27.9 Å². The van der Waals surface area contributed by atoms with Crippen molar-refractivity contribution >= 4 is 22.6 Å². The van der Waals surface area contributed by atoms with Crippen molar-refractivity contribution in [3.05, 3.63) is 0 Å². The highest BCUT2D eigenvalue weighted by atomic mass is 127. The van der Waals surface area contributed by atoms with E-state index in [-0.39, 0.29) is 6.04 Å². The predicted molar refractivity (Wildman–Crippen MR) is 42.7 cm³/mol. The third kappa shape index (κ3) is 1.54. The number of hydrogen-bond acceptors (Lipinski definition) is 3. The van der Waals surface area contributed by atoms with Gasteiger partial charge in [-0.25, -0.2) is 0 Å². The molecule has 0 radical (unpaired) electrons. The summed E-state index contributed by atoms with van der Waals surface area (Å²) >= 11 is 2.18. The lowest BCUT2D eigenvalue weighted by Gasteiger charge is -2.11. The summed E-state index contributed by atoms with van der Waals surface area (Å²) in [5.41, 5.74) is 0. The van der Waals surface area contributed by atoms with Crippen LogP contribution in [0, 0.1) is 0 Å². The molecule has 4 heteroatoms. The fourth-order valence-corrected chi connectivity index (χ4v) is 1.76. The van der Waals surface area contributed by atoms with Gasteiger partial charge in [-0.05, 0) is 0 Å². The van der Waals surface area contributed by atoms with Crippen molar-refractivity contribution in [1.82, 2.24) is 5.32 Å². The van der Waals surface area contributed by atoms with E-state index < -0.39 is 12.2 Å². The SMILES string of the molecule is O[C@H]1[C@@H](O)CN[C@@H]1CI. The van der Waals surface area contributed by atoms with Crippen LogP contribution in [-0.4, -0.2) is 39.4 Å². The van der Waals surface area contributed by atoms with Crippen LogP contribution in [0.5, 0.6) is 0 Å². The van der Waals surface area contributed by atoms with Gasteiger partial charge in [-0.3, -0.25) is 0 Å². The van der Waals surface area contributed by atoms with Crippen LogP contribution in [0.3, 0.4) is 0 Å². The van der Waals surface area contributed by atoms with Crippen molar-refractivity contribution in [2.75, 3.05) is 11.0 Å². The van der Waals surface area contributed by atoms with Crippen LogP contribution in [0.1, 0.15) is 0 Å². The number of hydrogen-bond donors (Lipinski definition) is 3. The van der Waals surface area contributed by atoms with Crippen molar-refractivity contribution in [3.63, 3.8) is 0 Å². The molecule has 0 aliphatic carbocycles. The Hall–Kier alpha value is 0.610. The first-order valence-corrected chi connectivity index (χ1v) is 4.43. The molecule has 0 unspecified atom stereocenters. The number of nitrogens with one attached hydrogen (secondary N) is 1. The molecule has 3 nitrogen and oxygen atoms in total. The highest BCUT2D eigenvalue weighted by Gasteiger charge is 2.31. The van der Waals surface area contributed by atoms with Gasteiger partial charge in [0.1, 0.15) is 0 Å². The standard InChI is InChI=1S/C5H10INO2/c6-1-3-5(9)4(8)2-7-3/h3-5,7-9H,1-2H2/t3-,4+,5-/m1/s1. The molecule has 1 saturated heterocycles. The van der Waals surface area contributed by atoms with Crippen LogP contribution in [0.2, 0.25) is 0 Å². The largest absolute Gasteiger partial charge is 0.389 e.